The number of rotatable bonds is 2. The Balaban J connectivity index is 2.15. The average molecular weight is 288 g/mol. The number of benzene rings is 1. The summed E-state index contributed by atoms with van der Waals surface area (Å²) in [5.41, 5.74) is 7.57. The fourth-order valence-corrected chi connectivity index (χ4v) is 2.95. The molecule has 0 spiro atoms. The van der Waals surface area contributed by atoms with E-state index in [2.05, 4.69) is 9.97 Å². The van der Waals surface area contributed by atoms with Crippen molar-refractivity contribution in [2.75, 3.05) is 5.73 Å². The highest BCUT2D eigenvalue weighted by Crippen LogP contribution is 2.38. The van der Waals surface area contributed by atoms with Crippen LogP contribution in [0.4, 0.5) is 5.69 Å². The smallest absolute Gasteiger partial charge is 0.119 e. The molecule has 3 rings (SSSR count). The first-order valence-corrected chi connectivity index (χ1v) is 6.87. The van der Waals surface area contributed by atoms with E-state index in [4.69, 9.17) is 17.3 Å². The highest BCUT2D eigenvalue weighted by atomic mass is 35.5. The zero-order valence-electron chi connectivity index (χ0n) is 9.88. The van der Waals surface area contributed by atoms with E-state index in [-0.39, 0.29) is 0 Å². The second-order valence-electron chi connectivity index (χ2n) is 3.95. The zero-order chi connectivity index (χ0) is 13.2. The number of halogens is 1. The predicted octanol–water partition coefficient (Wildman–Crippen LogP) is 4.02. The molecule has 0 aliphatic heterocycles. The standard InChI is InChI=1S/C14H10ClN3S/c15-10-5-3-7-17-14(10)19-13-9-4-1-2-6-12(9)18-8-11(13)16/h1-8H,16H2. The summed E-state index contributed by atoms with van der Waals surface area (Å²) < 4.78 is 0. The van der Waals surface area contributed by atoms with Gasteiger partial charge >= 0.3 is 0 Å². The van der Waals surface area contributed by atoms with E-state index >= 15 is 0 Å². The fourth-order valence-electron chi connectivity index (χ4n) is 1.79. The summed E-state index contributed by atoms with van der Waals surface area (Å²) in [6.07, 6.45) is 3.38. The lowest BCUT2D eigenvalue weighted by molar-refractivity contribution is 1.13. The minimum atomic E-state index is 0.618. The molecule has 1 aromatic carbocycles. The van der Waals surface area contributed by atoms with Crippen LogP contribution in [0.25, 0.3) is 10.9 Å². The first-order valence-electron chi connectivity index (χ1n) is 5.67. The van der Waals surface area contributed by atoms with Gasteiger partial charge in [-0.15, -0.1) is 0 Å². The second kappa shape index (κ2) is 5.07. The monoisotopic (exact) mass is 287 g/mol. The van der Waals surface area contributed by atoms with E-state index in [0.717, 1.165) is 20.8 Å². The number of hydrogen-bond acceptors (Lipinski definition) is 4. The minimum absolute atomic E-state index is 0.618. The molecule has 0 bridgehead atoms. The number of nitrogen functional groups attached to an aromatic ring is 1. The molecule has 0 unspecified atom stereocenters. The van der Waals surface area contributed by atoms with Crippen LogP contribution in [0.3, 0.4) is 0 Å². The molecule has 19 heavy (non-hydrogen) atoms. The summed E-state index contributed by atoms with van der Waals surface area (Å²) in [6, 6.07) is 11.5. The van der Waals surface area contributed by atoms with Gasteiger partial charge in [0.1, 0.15) is 5.03 Å². The van der Waals surface area contributed by atoms with E-state index in [1.807, 2.05) is 30.3 Å². The number of hydrogen-bond donors (Lipinski definition) is 1. The van der Waals surface area contributed by atoms with E-state index in [9.17, 15) is 0 Å². The van der Waals surface area contributed by atoms with Crippen molar-refractivity contribution in [2.45, 2.75) is 9.92 Å². The summed E-state index contributed by atoms with van der Waals surface area (Å²) in [5, 5.41) is 2.37. The fraction of sp³-hybridized carbons (Fsp3) is 0. The summed E-state index contributed by atoms with van der Waals surface area (Å²) >= 11 is 7.60. The minimum Gasteiger partial charge on any atom is -0.397 e. The lowest BCUT2D eigenvalue weighted by atomic mass is 10.2. The summed E-state index contributed by atoms with van der Waals surface area (Å²) in [5.74, 6) is 0. The van der Waals surface area contributed by atoms with Crippen molar-refractivity contribution in [2.24, 2.45) is 0 Å². The third-order valence-corrected chi connectivity index (χ3v) is 4.27. The first kappa shape index (κ1) is 12.3. The molecule has 3 aromatic rings. The molecule has 0 saturated heterocycles. The Morgan fingerprint density at radius 1 is 1.05 bits per heavy atom. The lowest BCUT2D eigenvalue weighted by Crippen LogP contribution is -1.93. The molecule has 2 aromatic heterocycles. The second-order valence-corrected chi connectivity index (χ2v) is 5.36. The van der Waals surface area contributed by atoms with Gasteiger partial charge in [0.05, 0.1) is 22.4 Å². The van der Waals surface area contributed by atoms with Crippen LogP contribution < -0.4 is 5.73 Å². The predicted molar refractivity (Wildman–Crippen MR) is 79.5 cm³/mol. The van der Waals surface area contributed by atoms with Crippen molar-refractivity contribution in [3.8, 4) is 0 Å². The molecule has 0 amide bonds. The Hall–Kier alpha value is -1.78. The maximum atomic E-state index is 6.14. The molecular formula is C14H10ClN3S. The number of aromatic nitrogens is 2. The van der Waals surface area contributed by atoms with Crippen molar-refractivity contribution in [1.29, 1.82) is 0 Å². The van der Waals surface area contributed by atoms with Crippen molar-refractivity contribution >= 4 is 40.0 Å². The van der Waals surface area contributed by atoms with Crippen molar-refractivity contribution in [3.05, 3.63) is 53.8 Å². The Bertz CT molecular complexity index is 746. The normalized spacial score (nSPS) is 10.8. The Morgan fingerprint density at radius 3 is 2.74 bits per heavy atom. The van der Waals surface area contributed by atoms with Gasteiger partial charge in [-0.1, -0.05) is 41.6 Å². The number of nitrogens with zero attached hydrogens (tertiary/aromatic N) is 2. The molecular weight excluding hydrogens is 278 g/mol. The molecule has 0 radical (unpaired) electrons. The molecule has 0 saturated carbocycles. The SMILES string of the molecule is Nc1cnc2ccccc2c1Sc1ncccc1Cl. The molecule has 94 valence electrons. The molecule has 0 aliphatic carbocycles. The molecule has 0 aliphatic rings. The van der Waals surface area contributed by atoms with E-state index in [1.54, 1.807) is 18.5 Å². The summed E-state index contributed by atoms with van der Waals surface area (Å²) in [4.78, 5) is 9.53. The van der Waals surface area contributed by atoms with Crippen LogP contribution >= 0.6 is 23.4 Å². The summed E-state index contributed by atoms with van der Waals surface area (Å²) in [6.45, 7) is 0. The molecule has 2 N–H and O–H groups in total. The molecule has 0 atom stereocenters. The van der Waals surface area contributed by atoms with Gasteiger partial charge in [-0.3, -0.25) is 4.98 Å². The van der Waals surface area contributed by atoms with Gasteiger partial charge in [0.2, 0.25) is 0 Å². The van der Waals surface area contributed by atoms with Gasteiger partial charge in [-0.25, -0.2) is 4.98 Å². The van der Waals surface area contributed by atoms with Crippen LogP contribution in [0, 0.1) is 0 Å². The van der Waals surface area contributed by atoms with Gasteiger partial charge in [0.15, 0.2) is 0 Å². The Kier molecular flexibility index (Phi) is 3.27. The highest BCUT2D eigenvalue weighted by molar-refractivity contribution is 7.99. The van der Waals surface area contributed by atoms with E-state index in [0.29, 0.717) is 10.7 Å². The molecule has 2 heterocycles. The number of anilines is 1. The van der Waals surface area contributed by atoms with Crippen LogP contribution in [0.2, 0.25) is 5.02 Å². The van der Waals surface area contributed by atoms with Crippen LogP contribution in [-0.2, 0) is 0 Å². The Morgan fingerprint density at radius 2 is 1.89 bits per heavy atom. The number of para-hydroxylation sites is 1. The third kappa shape index (κ3) is 2.37. The Labute approximate surface area is 119 Å². The maximum Gasteiger partial charge on any atom is 0.119 e. The van der Waals surface area contributed by atoms with Gasteiger partial charge in [0, 0.05) is 16.5 Å². The molecule has 5 heteroatoms. The van der Waals surface area contributed by atoms with Crippen molar-refractivity contribution in [3.63, 3.8) is 0 Å². The van der Waals surface area contributed by atoms with Crippen LogP contribution in [0.15, 0.2) is 58.7 Å². The lowest BCUT2D eigenvalue weighted by Gasteiger charge is -2.09. The van der Waals surface area contributed by atoms with E-state index in [1.165, 1.54) is 11.8 Å². The van der Waals surface area contributed by atoms with Gasteiger partial charge < -0.3 is 5.73 Å². The topological polar surface area (TPSA) is 51.8 Å². The number of nitrogens with two attached hydrogens (primary N) is 1. The maximum absolute atomic E-state index is 6.14. The van der Waals surface area contributed by atoms with Gasteiger partial charge in [-0.2, -0.15) is 0 Å². The van der Waals surface area contributed by atoms with E-state index < -0.39 is 0 Å². The van der Waals surface area contributed by atoms with Crippen LogP contribution in [-0.4, -0.2) is 9.97 Å². The van der Waals surface area contributed by atoms with Crippen molar-refractivity contribution in [1.82, 2.24) is 9.97 Å². The third-order valence-electron chi connectivity index (χ3n) is 2.68. The highest BCUT2D eigenvalue weighted by Gasteiger charge is 2.10. The van der Waals surface area contributed by atoms with Gasteiger partial charge in [-0.05, 0) is 18.2 Å². The zero-order valence-corrected chi connectivity index (χ0v) is 11.4. The molecule has 3 nitrogen and oxygen atoms in total. The average Bonchev–Trinajstić information content (AvgIpc) is 2.44. The van der Waals surface area contributed by atoms with Crippen LogP contribution in [0.1, 0.15) is 0 Å². The molecule has 0 fully saturated rings. The quantitative estimate of drug-likeness (QED) is 0.773. The number of pyridine rings is 2. The first-order chi connectivity index (χ1) is 9.25. The van der Waals surface area contributed by atoms with Gasteiger partial charge in [0.25, 0.3) is 0 Å². The largest absolute Gasteiger partial charge is 0.397 e. The van der Waals surface area contributed by atoms with Crippen LogP contribution in [0.5, 0.6) is 0 Å². The van der Waals surface area contributed by atoms with Crippen molar-refractivity contribution < 1.29 is 0 Å². The summed E-state index contributed by atoms with van der Waals surface area (Å²) in [7, 11) is 0. The number of fused-ring (bicyclic) bond motifs is 1.